The number of carbonyl (C=O) groups excluding carboxylic acids is 1. The number of hydrogen-bond donors (Lipinski definition) is 2. The van der Waals surface area contributed by atoms with Crippen LogP contribution in [0.2, 0.25) is 5.02 Å². The van der Waals surface area contributed by atoms with E-state index < -0.39 is 0 Å². The maximum atomic E-state index is 11.8. The van der Waals surface area contributed by atoms with Gasteiger partial charge in [-0.3, -0.25) is 4.79 Å². The number of amides is 1. The number of carbonyl (C=O) groups is 1. The lowest BCUT2D eigenvalue weighted by Crippen LogP contribution is -2.32. The summed E-state index contributed by atoms with van der Waals surface area (Å²) in [6.45, 7) is 1.43. The average molecular weight is 318 g/mol. The molecule has 92 valence electrons. The first-order valence-corrected chi connectivity index (χ1v) is 6.80. The van der Waals surface area contributed by atoms with Gasteiger partial charge in [-0.15, -0.1) is 0 Å². The van der Waals surface area contributed by atoms with E-state index in [2.05, 4.69) is 26.6 Å². The Morgan fingerprint density at radius 1 is 1.41 bits per heavy atom. The molecule has 17 heavy (non-hydrogen) atoms. The van der Waals surface area contributed by atoms with Crippen LogP contribution in [0.15, 0.2) is 22.7 Å². The maximum absolute atomic E-state index is 11.8. The van der Waals surface area contributed by atoms with Crippen molar-refractivity contribution in [2.24, 2.45) is 0 Å². The number of benzene rings is 1. The second-order valence-electron chi connectivity index (χ2n) is 4.11. The van der Waals surface area contributed by atoms with E-state index in [9.17, 15) is 4.79 Å². The number of halogens is 2. The van der Waals surface area contributed by atoms with Gasteiger partial charge < -0.3 is 10.6 Å². The molecule has 0 unspecified atom stereocenters. The van der Waals surface area contributed by atoms with Crippen molar-refractivity contribution >= 4 is 33.4 Å². The standard InChI is InChI=1S/C12H14BrClN2O/c13-8-1-4-11(14)10(7-8)12(17)16-6-5-15-9-2-3-9/h1,4,7,9,15H,2-3,5-6H2,(H,16,17). The third-order valence-electron chi connectivity index (χ3n) is 2.59. The summed E-state index contributed by atoms with van der Waals surface area (Å²) in [7, 11) is 0. The van der Waals surface area contributed by atoms with Gasteiger partial charge in [0.25, 0.3) is 5.91 Å². The lowest BCUT2D eigenvalue weighted by atomic mass is 10.2. The summed E-state index contributed by atoms with van der Waals surface area (Å²) in [4.78, 5) is 11.8. The van der Waals surface area contributed by atoms with Crippen molar-refractivity contribution in [3.05, 3.63) is 33.3 Å². The van der Waals surface area contributed by atoms with Crippen LogP contribution in [0, 0.1) is 0 Å². The number of nitrogens with one attached hydrogen (secondary N) is 2. The summed E-state index contributed by atoms with van der Waals surface area (Å²) in [6, 6.07) is 5.92. The Morgan fingerprint density at radius 3 is 2.88 bits per heavy atom. The van der Waals surface area contributed by atoms with Crippen molar-refractivity contribution in [1.29, 1.82) is 0 Å². The molecule has 1 saturated carbocycles. The molecular formula is C12H14BrClN2O. The Hall–Kier alpha value is -0.580. The molecule has 0 aliphatic heterocycles. The quantitative estimate of drug-likeness (QED) is 0.820. The maximum Gasteiger partial charge on any atom is 0.252 e. The molecular weight excluding hydrogens is 304 g/mol. The van der Waals surface area contributed by atoms with E-state index in [-0.39, 0.29) is 5.91 Å². The summed E-state index contributed by atoms with van der Waals surface area (Å²) in [5.74, 6) is -0.131. The second-order valence-corrected chi connectivity index (χ2v) is 5.43. The van der Waals surface area contributed by atoms with Gasteiger partial charge in [0.15, 0.2) is 0 Å². The van der Waals surface area contributed by atoms with Gasteiger partial charge in [0.1, 0.15) is 0 Å². The highest BCUT2D eigenvalue weighted by Gasteiger charge is 2.19. The van der Waals surface area contributed by atoms with Crippen LogP contribution in [0.25, 0.3) is 0 Å². The van der Waals surface area contributed by atoms with E-state index in [4.69, 9.17) is 11.6 Å². The molecule has 1 aliphatic rings. The van der Waals surface area contributed by atoms with Gasteiger partial charge in [0.05, 0.1) is 10.6 Å². The molecule has 3 nitrogen and oxygen atoms in total. The normalized spacial score (nSPS) is 14.7. The minimum Gasteiger partial charge on any atom is -0.351 e. The molecule has 1 aromatic carbocycles. The first kappa shape index (κ1) is 12.9. The van der Waals surface area contributed by atoms with Crippen LogP contribution >= 0.6 is 27.5 Å². The Bertz CT molecular complexity index is 421. The lowest BCUT2D eigenvalue weighted by Gasteiger charge is -2.07. The van der Waals surface area contributed by atoms with E-state index >= 15 is 0 Å². The predicted molar refractivity (Wildman–Crippen MR) is 72.5 cm³/mol. The van der Waals surface area contributed by atoms with Gasteiger partial charge in [-0.25, -0.2) is 0 Å². The van der Waals surface area contributed by atoms with Crippen LogP contribution in [0.3, 0.4) is 0 Å². The minimum atomic E-state index is -0.131. The number of hydrogen-bond acceptors (Lipinski definition) is 2. The van der Waals surface area contributed by atoms with E-state index in [0.717, 1.165) is 11.0 Å². The summed E-state index contributed by atoms with van der Waals surface area (Å²) < 4.78 is 0.850. The molecule has 0 bridgehead atoms. The van der Waals surface area contributed by atoms with Crippen molar-refractivity contribution in [1.82, 2.24) is 10.6 Å². The van der Waals surface area contributed by atoms with Crippen LogP contribution in [-0.2, 0) is 0 Å². The zero-order chi connectivity index (χ0) is 12.3. The van der Waals surface area contributed by atoms with Gasteiger partial charge in [0.2, 0.25) is 0 Å². The van der Waals surface area contributed by atoms with E-state index in [1.54, 1.807) is 12.1 Å². The Balaban J connectivity index is 1.82. The zero-order valence-electron chi connectivity index (χ0n) is 9.30. The van der Waals surface area contributed by atoms with Gasteiger partial charge in [0, 0.05) is 23.6 Å². The molecule has 0 spiro atoms. The molecule has 0 atom stereocenters. The lowest BCUT2D eigenvalue weighted by molar-refractivity contribution is 0.0954. The van der Waals surface area contributed by atoms with Crippen molar-refractivity contribution in [2.75, 3.05) is 13.1 Å². The summed E-state index contributed by atoms with van der Waals surface area (Å²) >= 11 is 9.29. The fourth-order valence-electron chi connectivity index (χ4n) is 1.51. The van der Waals surface area contributed by atoms with Crippen molar-refractivity contribution in [3.8, 4) is 0 Å². The molecule has 0 saturated heterocycles. The zero-order valence-corrected chi connectivity index (χ0v) is 11.6. The van der Waals surface area contributed by atoms with E-state index in [0.29, 0.717) is 23.2 Å². The Kier molecular flexibility index (Phi) is 4.42. The first-order chi connectivity index (χ1) is 8.16. The monoisotopic (exact) mass is 316 g/mol. The minimum absolute atomic E-state index is 0.131. The van der Waals surface area contributed by atoms with E-state index in [1.807, 2.05) is 6.07 Å². The molecule has 1 aliphatic carbocycles. The smallest absolute Gasteiger partial charge is 0.252 e. The molecule has 1 fully saturated rings. The van der Waals surface area contributed by atoms with Crippen molar-refractivity contribution < 1.29 is 4.79 Å². The fraction of sp³-hybridized carbons (Fsp3) is 0.417. The first-order valence-electron chi connectivity index (χ1n) is 5.63. The average Bonchev–Trinajstić information content (AvgIpc) is 3.11. The molecule has 0 radical (unpaired) electrons. The van der Waals surface area contributed by atoms with Crippen molar-refractivity contribution in [2.45, 2.75) is 18.9 Å². The molecule has 0 heterocycles. The second kappa shape index (κ2) is 5.85. The van der Waals surface area contributed by atoms with Crippen LogP contribution in [0.5, 0.6) is 0 Å². The van der Waals surface area contributed by atoms with Gasteiger partial charge in [-0.1, -0.05) is 27.5 Å². The number of rotatable bonds is 5. The third kappa shape index (κ3) is 3.98. The largest absolute Gasteiger partial charge is 0.351 e. The SMILES string of the molecule is O=C(NCCNC1CC1)c1cc(Br)ccc1Cl. The summed E-state index contributed by atoms with van der Waals surface area (Å²) in [6.07, 6.45) is 2.51. The highest BCUT2D eigenvalue weighted by molar-refractivity contribution is 9.10. The topological polar surface area (TPSA) is 41.1 Å². The highest BCUT2D eigenvalue weighted by atomic mass is 79.9. The predicted octanol–water partition coefficient (Wildman–Crippen LogP) is 2.58. The van der Waals surface area contributed by atoms with Gasteiger partial charge >= 0.3 is 0 Å². The molecule has 2 rings (SSSR count). The Labute approximate surface area is 114 Å². The van der Waals surface area contributed by atoms with Crippen LogP contribution in [-0.4, -0.2) is 25.0 Å². The molecule has 0 aromatic heterocycles. The highest BCUT2D eigenvalue weighted by Crippen LogP contribution is 2.20. The Morgan fingerprint density at radius 2 is 2.18 bits per heavy atom. The summed E-state index contributed by atoms with van der Waals surface area (Å²) in [5, 5.41) is 6.65. The van der Waals surface area contributed by atoms with Gasteiger partial charge in [-0.2, -0.15) is 0 Å². The molecule has 1 amide bonds. The molecule has 5 heteroatoms. The third-order valence-corrected chi connectivity index (χ3v) is 3.42. The van der Waals surface area contributed by atoms with Crippen LogP contribution in [0.4, 0.5) is 0 Å². The fourth-order valence-corrected chi connectivity index (χ4v) is 2.07. The molecule has 2 N–H and O–H groups in total. The van der Waals surface area contributed by atoms with Gasteiger partial charge in [-0.05, 0) is 31.0 Å². The van der Waals surface area contributed by atoms with E-state index in [1.165, 1.54) is 12.8 Å². The summed E-state index contributed by atoms with van der Waals surface area (Å²) in [5.41, 5.74) is 0.507. The van der Waals surface area contributed by atoms with Crippen LogP contribution < -0.4 is 10.6 Å². The van der Waals surface area contributed by atoms with Crippen LogP contribution in [0.1, 0.15) is 23.2 Å². The molecule has 1 aromatic rings. The van der Waals surface area contributed by atoms with Crippen molar-refractivity contribution in [3.63, 3.8) is 0 Å².